The van der Waals surface area contributed by atoms with E-state index in [9.17, 15) is 4.79 Å². The average molecular weight is 235 g/mol. The molecule has 0 bridgehead atoms. The summed E-state index contributed by atoms with van der Waals surface area (Å²) >= 11 is 0. The minimum Gasteiger partial charge on any atom is -0.496 e. The molecule has 0 aromatic heterocycles. The number of hydrogen-bond donors (Lipinski definition) is 1. The van der Waals surface area contributed by atoms with Crippen LogP contribution in [0.3, 0.4) is 0 Å². The van der Waals surface area contributed by atoms with E-state index in [0.717, 1.165) is 16.8 Å². The Morgan fingerprint density at radius 2 is 2.18 bits per heavy atom. The number of fused-ring (bicyclic) bond motifs is 1. The maximum absolute atomic E-state index is 11.9. The summed E-state index contributed by atoms with van der Waals surface area (Å²) in [4.78, 5) is 11.9. The maximum atomic E-state index is 11.9. The molecule has 0 saturated carbocycles. The number of rotatable bonds is 1. The molecule has 2 aliphatic rings. The standard InChI is InChI=1S/C13H17NO3/c1-8-11(17-12(15)13(2,3)4)10-7-16-6-9(10)5-14-8/h5,7,14H,6H2,1-4H3. The van der Waals surface area contributed by atoms with Gasteiger partial charge in [-0.3, -0.25) is 4.79 Å². The van der Waals surface area contributed by atoms with Crippen LogP contribution in [0.15, 0.2) is 35.1 Å². The third-order valence-electron chi connectivity index (χ3n) is 2.64. The molecule has 0 radical (unpaired) electrons. The third-order valence-corrected chi connectivity index (χ3v) is 2.64. The number of nitrogens with one attached hydrogen (secondary N) is 1. The topological polar surface area (TPSA) is 47.6 Å². The average Bonchev–Trinajstić information content (AvgIpc) is 2.68. The zero-order valence-corrected chi connectivity index (χ0v) is 10.6. The molecule has 2 rings (SSSR count). The van der Waals surface area contributed by atoms with Crippen LogP contribution in [-0.2, 0) is 14.3 Å². The van der Waals surface area contributed by atoms with Crippen LogP contribution >= 0.6 is 0 Å². The Kier molecular flexibility index (Phi) is 2.73. The van der Waals surface area contributed by atoms with E-state index in [1.807, 2.05) is 33.9 Å². The van der Waals surface area contributed by atoms with Crippen LogP contribution in [0.2, 0.25) is 0 Å². The molecule has 4 nitrogen and oxygen atoms in total. The number of esters is 1. The molecule has 0 unspecified atom stereocenters. The van der Waals surface area contributed by atoms with E-state index in [1.54, 1.807) is 6.26 Å². The molecule has 0 spiro atoms. The van der Waals surface area contributed by atoms with Crippen molar-refractivity contribution in [3.63, 3.8) is 0 Å². The van der Waals surface area contributed by atoms with Crippen molar-refractivity contribution in [3.8, 4) is 0 Å². The molecule has 0 aliphatic carbocycles. The van der Waals surface area contributed by atoms with Gasteiger partial charge >= 0.3 is 5.97 Å². The summed E-state index contributed by atoms with van der Waals surface area (Å²) in [6.45, 7) is 7.89. The van der Waals surface area contributed by atoms with Gasteiger partial charge in [0.15, 0.2) is 5.76 Å². The van der Waals surface area contributed by atoms with Gasteiger partial charge in [-0.1, -0.05) is 0 Å². The highest BCUT2D eigenvalue weighted by atomic mass is 16.5. The molecule has 0 aromatic rings. The number of carbonyl (C=O) groups is 1. The summed E-state index contributed by atoms with van der Waals surface area (Å²) in [6, 6.07) is 0. The van der Waals surface area contributed by atoms with Crippen molar-refractivity contribution in [2.24, 2.45) is 5.41 Å². The normalized spacial score (nSPS) is 18.8. The van der Waals surface area contributed by atoms with Gasteiger partial charge in [-0.2, -0.15) is 0 Å². The fraction of sp³-hybridized carbons (Fsp3) is 0.462. The number of carbonyl (C=O) groups excluding carboxylic acids is 1. The first kappa shape index (κ1) is 11.8. The van der Waals surface area contributed by atoms with E-state index in [-0.39, 0.29) is 5.97 Å². The molecular weight excluding hydrogens is 218 g/mol. The predicted octanol–water partition coefficient (Wildman–Crippen LogP) is 2.21. The van der Waals surface area contributed by atoms with Crippen molar-refractivity contribution >= 4 is 5.97 Å². The molecule has 0 amide bonds. The molecule has 0 aromatic carbocycles. The Hall–Kier alpha value is -1.71. The summed E-state index contributed by atoms with van der Waals surface area (Å²) < 4.78 is 10.7. The van der Waals surface area contributed by atoms with Gasteiger partial charge in [0.25, 0.3) is 0 Å². The van der Waals surface area contributed by atoms with Crippen LogP contribution in [0.5, 0.6) is 0 Å². The highest BCUT2D eigenvalue weighted by Crippen LogP contribution is 2.32. The van der Waals surface area contributed by atoms with E-state index in [2.05, 4.69) is 5.32 Å². The summed E-state index contributed by atoms with van der Waals surface area (Å²) in [5, 5.41) is 3.08. The van der Waals surface area contributed by atoms with Gasteiger partial charge in [-0.15, -0.1) is 0 Å². The molecule has 0 fully saturated rings. The van der Waals surface area contributed by atoms with E-state index in [1.165, 1.54) is 0 Å². The molecule has 1 N–H and O–H groups in total. The lowest BCUT2D eigenvalue weighted by Gasteiger charge is -2.22. The predicted molar refractivity (Wildman–Crippen MR) is 63.5 cm³/mol. The molecule has 2 aliphatic heterocycles. The van der Waals surface area contributed by atoms with E-state index < -0.39 is 5.41 Å². The Balaban J connectivity index is 2.23. The van der Waals surface area contributed by atoms with Crippen LogP contribution in [-0.4, -0.2) is 12.6 Å². The third kappa shape index (κ3) is 2.20. The number of dihydropyridines is 1. The van der Waals surface area contributed by atoms with Crippen LogP contribution in [0.4, 0.5) is 0 Å². The Morgan fingerprint density at radius 3 is 2.82 bits per heavy atom. The van der Waals surface area contributed by atoms with Crippen LogP contribution in [0, 0.1) is 5.41 Å². The second-order valence-electron chi connectivity index (χ2n) is 5.25. The number of ether oxygens (including phenoxy) is 2. The fourth-order valence-electron chi connectivity index (χ4n) is 1.53. The van der Waals surface area contributed by atoms with Gasteiger partial charge in [0, 0.05) is 11.8 Å². The first-order valence-electron chi connectivity index (χ1n) is 5.61. The SMILES string of the molecule is CC1=C(OC(=O)C(C)(C)C)C2=COCC2=CN1. The van der Waals surface area contributed by atoms with Gasteiger partial charge in [0.1, 0.15) is 6.61 Å². The van der Waals surface area contributed by atoms with Crippen molar-refractivity contribution in [3.05, 3.63) is 35.1 Å². The first-order valence-corrected chi connectivity index (χ1v) is 5.61. The zero-order chi connectivity index (χ0) is 12.6. The summed E-state index contributed by atoms with van der Waals surface area (Å²) in [6.07, 6.45) is 3.52. The summed E-state index contributed by atoms with van der Waals surface area (Å²) in [5.74, 6) is 0.322. The van der Waals surface area contributed by atoms with Crippen molar-refractivity contribution in [2.45, 2.75) is 27.7 Å². The lowest BCUT2D eigenvalue weighted by Crippen LogP contribution is -2.26. The quantitative estimate of drug-likeness (QED) is 0.708. The molecule has 17 heavy (non-hydrogen) atoms. The largest absolute Gasteiger partial charge is 0.496 e. The van der Waals surface area contributed by atoms with Crippen molar-refractivity contribution in [1.29, 1.82) is 0 Å². The van der Waals surface area contributed by atoms with Crippen LogP contribution in [0.25, 0.3) is 0 Å². The van der Waals surface area contributed by atoms with Gasteiger partial charge in [0.05, 0.1) is 22.9 Å². The zero-order valence-electron chi connectivity index (χ0n) is 10.6. The fourth-order valence-corrected chi connectivity index (χ4v) is 1.53. The van der Waals surface area contributed by atoms with Crippen molar-refractivity contribution < 1.29 is 14.3 Å². The molecule has 92 valence electrons. The van der Waals surface area contributed by atoms with Gasteiger partial charge in [0.2, 0.25) is 0 Å². The monoisotopic (exact) mass is 235 g/mol. The molecule has 2 heterocycles. The van der Waals surface area contributed by atoms with E-state index >= 15 is 0 Å². The summed E-state index contributed by atoms with van der Waals surface area (Å²) in [7, 11) is 0. The van der Waals surface area contributed by atoms with Gasteiger partial charge < -0.3 is 14.8 Å². The first-order chi connectivity index (χ1) is 7.89. The minimum absolute atomic E-state index is 0.247. The molecule has 4 heteroatoms. The second kappa shape index (κ2) is 3.95. The maximum Gasteiger partial charge on any atom is 0.316 e. The number of allylic oxidation sites excluding steroid dienone is 2. The lowest BCUT2D eigenvalue weighted by molar-refractivity contribution is -0.148. The minimum atomic E-state index is -0.519. The van der Waals surface area contributed by atoms with Crippen molar-refractivity contribution in [2.75, 3.05) is 6.61 Å². The second-order valence-corrected chi connectivity index (χ2v) is 5.25. The molecule has 0 atom stereocenters. The lowest BCUT2D eigenvalue weighted by atomic mass is 9.97. The highest BCUT2D eigenvalue weighted by Gasteiger charge is 2.30. The Labute approximate surface area is 101 Å². The van der Waals surface area contributed by atoms with E-state index in [4.69, 9.17) is 9.47 Å². The smallest absolute Gasteiger partial charge is 0.316 e. The Morgan fingerprint density at radius 1 is 1.47 bits per heavy atom. The Bertz CT molecular complexity index is 450. The molecule has 0 saturated heterocycles. The van der Waals surface area contributed by atoms with Crippen LogP contribution < -0.4 is 5.32 Å². The van der Waals surface area contributed by atoms with Gasteiger partial charge in [-0.05, 0) is 27.7 Å². The summed E-state index contributed by atoms with van der Waals surface area (Å²) in [5.41, 5.74) is 2.17. The molecular formula is C13H17NO3. The highest BCUT2D eigenvalue weighted by molar-refractivity contribution is 5.77. The van der Waals surface area contributed by atoms with Gasteiger partial charge in [-0.25, -0.2) is 0 Å². The van der Waals surface area contributed by atoms with E-state index in [0.29, 0.717) is 12.4 Å². The van der Waals surface area contributed by atoms with Crippen LogP contribution in [0.1, 0.15) is 27.7 Å². The number of hydrogen-bond acceptors (Lipinski definition) is 4. The van der Waals surface area contributed by atoms with Crippen molar-refractivity contribution in [1.82, 2.24) is 5.32 Å².